The molecule has 335 valence electrons. The Balaban J connectivity index is 0.000000253. The van der Waals surface area contributed by atoms with Gasteiger partial charge in [-0.3, -0.25) is 49.3 Å². The van der Waals surface area contributed by atoms with Crippen molar-refractivity contribution in [2.24, 2.45) is 9.98 Å². The number of pyridine rings is 4. The van der Waals surface area contributed by atoms with Crippen LogP contribution in [0.25, 0.3) is 44.8 Å². The Kier molecular flexibility index (Phi) is 17.9. The molecule has 10 aromatic rings. The van der Waals surface area contributed by atoms with Gasteiger partial charge >= 0.3 is 17.1 Å². The number of imidazole rings is 2. The quantitative estimate of drug-likeness (QED) is 0.0760. The zero-order valence-corrected chi connectivity index (χ0v) is 37.1. The molecule has 0 spiro atoms. The fraction of sp³-hybridized carbons (Fsp3) is 0. The van der Waals surface area contributed by atoms with Gasteiger partial charge in [-0.05, 0) is 97.1 Å². The fourth-order valence-corrected chi connectivity index (χ4v) is 6.28. The van der Waals surface area contributed by atoms with Crippen LogP contribution in [-0.2, 0) is 17.1 Å². The summed E-state index contributed by atoms with van der Waals surface area (Å²) in [5.74, 6) is 0.702. The van der Waals surface area contributed by atoms with Crippen molar-refractivity contribution in [3.8, 4) is 22.8 Å². The summed E-state index contributed by atoms with van der Waals surface area (Å²) in [5.41, 5.74) is 7.38. The molecule has 67 heavy (non-hydrogen) atoms. The van der Waals surface area contributed by atoms with Crippen molar-refractivity contribution < 1.29 is 51.7 Å². The van der Waals surface area contributed by atoms with E-state index in [0.29, 0.717) is 23.0 Å². The van der Waals surface area contributed by atoms with Crippen LogP contribution in [-0.4, -0.2) is 60.6 Å². The van der Waals surface area contributed by atoms with Gasteiger partial charge in [0.2, 0.25) is 0 Å². The number of non-ortho nitro benzene ring substituents is 2. The Morgan fingerprint density at radius 3 is 0.985 bits per heavy atom. The summed E-state index contributed by atoms with van der Waals surface area (Å²) in [7, 11) is 0. The van der Waals surface area contributed by atoms with E-state index in [1.54, 1.807) is 70.8 Å². The van der Waals surface area contributed by atoms with E-state index in [4.69, 9.17) is 9.98 Å². The number of benzene rings is 4. The van der Waals surface area contributed by atoms with Crippen LogP contribution in [0.15, 0.2) is 217 Å². The first-order valence-electron chi connectivity index (χ1n) is 19.6. The first kappa shape index (κ1) is 49.7. The largest absolute Gasteiger partial charge is 2.00 e. The minimum absolute atomic E-state index is 0. The second-order valence-corrected chi connectivity index (χ2v) is 13.5. The molecule has 0 fully saturated rings. The van der Waals surface area contributed by atoms with Gasteiger partial charge in [0, 0.05) is 49.1 Å². The van der Waals surface area contributed by atoms with E-state index in [1.165, 1.54) is 24.3 Å². The molecule has 0 atom stereocenters. The topological polar surface area (TPSA) is 198 Å². The average Bonchev–Trinajstić information content (AvgIpc) is 3.99. The van der Waals surface area contributed by atoms with Crippen molar-refractivity contribution >= 4 is 56.5 Å². The van der Waals surface area contributed by atoms with Crippen LogP contribution < -0.4 is 24.8 Å². The number of rotatable bonds is 6. The molecule has 0 aliphatic heterocycles. The number of nitrogens with zero attached hydrogens (tertiary/aromatic N) is 12. The summed E-state index contributed by atoms with van der Waals surface area (Å²) in [6, 6.07) is 49.9. The number of hydrogen-bond donors (Lipinski definition) is 0. The van der Waals surface area contributed by atoms with Crippen LogP contribution >= 0.6 is 0 Å². The van der Waals surface area contributed by atoms with Crippen molar-refractivity contribution in [2.75, 3.05) is 0 Å². The van der Waals surface area contributed by atoms with Gasteiger partial charge in [-0.1, -0.05) is 48.5 Å². The Bertz CT molecular complexity index is 2930. The molecule has 10 rings (SSSR count). The first-order chi connectivity index (χ1) is 31.4. The summed E-state index contributed by atoms with van der Waals surface area (Å²) in [4.78, 5) is 57.0. The summed E-state index contributed by atoms with van der Waals surface area (Å²) < 4.78 is 3.55. The minimum Gasteiger partial charge on any atom is -1.00 e. The van der Waals surface area contributed by atoms with Crippen molar-refractivity contribution in [2.45, 2.75) is 0 Å². The average molecular weight is 977 g/mol. The third-order valence-corrected chi connectivity index (χ3v) is 9.34. The second kappa shape index (κ2) is 24.1. The molecule has 4 aromatic carbocycles. The summed E-state index contributed by atoms with van der Waals surface area (Å²) in [6.07, 6.45) is 10.3. The van der Waals surface area contributed by atoms with E-state index in [2.05, 4.69) is 29.9 Å². The second-order valence-electron chi connectivity index (χ2n) is 13.5. The van der Waals surface area contributed by atoms with Gasteiger partial charge in [0.25, 0.3) is 11.4 Å². The third kappa shape index (κ3) is 12.5. The Labute approximate surface area is 405 Å². The summed E-state index contributed by atoms with van der Waals surface area (Å²) in [5, 5.41) is 22.4. The van der Waals surface area contributed by atoms with Crippen molar-refractivity contribution in [3.05, 3.63) is 228 Å². The summed E-state index contributed by atoms with van der Waals surface area (Å²) >= 11 is 0. The fourth-order valence-electron chi connectivity index (χ4n) is 6.28. The number of nitro groups is 2. The molecule has 0 N–H and O–H groups in total. The van der Waals surface area contributed by atoms with Gasteiger partial charge in [0.1, 0.15) is 12.7 Å². The molecular weight excluding hydrogens is 943 g/mol. The molecule has 1 radical (unpaired) electrons. The molecule has 0 amide bonds. The van der Waals surface area contributed by atoms with Gasteiger partial charge in [-0.25, -0.2) is 20.0 Å². The maximum Gasteiger partial charge on any atom is 2.00 e. The molecule has 19 heteroatoms. The molecule has 0 bridgehead atoms. The molecule has 0 unspecified atom stereocenters. The van der Waals surface area contributed by atoms with Gasteiger partial charge in [-0.15, -0.1) is 0 Å². The normalized spacial score (nSPS) is 10.7. The smallest absolute Gasteiger partial charge is 1.00 e. The van der Waals surface area contributed by atoms with Crippen LogP contribution in [0.2, 0.25) is 0 Å². The maximum atomic E-state index is 11.2. The van der Waals surface area contributed by atoms with Crippen LogP contribution in [0.4, 0.5) is 22.7 Å². The molecule has 0 aliphatic rings. The van der Waals surface area contributed by atoms with Gasteiger partial charge < -0.3 is 24.8 Å². The van der Waals surface area contributed by atoms with Gasteiger partial charge in [-0.2, -0.15) is 0 Å². The maximum absolute atomic E-state index is 11.2. The number of hydrogen-bond acceptors (Lipinski definition) is 12. The number of para-hydroxylation sites is 4. The Morgan fingerprint density at radius 1 is 0.403 bits per heavy atom. The number of aromatic nitrogens is 8. The van der Waals surface area contributed by atoms with Gasteiger partial charge in [0.05, 0.1) is 66.1 Å². The minimum atomic E-state index is -0.475. The van der Waals surface area contributed by atoms with Crippen LogP contribution in [0.5, 0.6) is 0 Å². The van der Waals surface area contributed by atoms with Crippen molar-refractivity contribution in [1.29, 1.82) is 0 Å². The zero-order valence-electron chi connectivity index (χ0n) is 34.7. The number of nitro benzene ring substituents is 2. The Hall–Kier alpha value is -8.34. The zero-order chi connectivity index (χ0) is 44.1. The molecular formula is C48H34Cl2CuN12O4. The monoisotopic (exact) mass is 975 g/mol. The van der Waals surface area contributed by atoms with Crippen molar-refractivity contribution in [3.63, 3.8) is 0 Å². The number of fused-ring (bicyclic) bond motifs is 2. The SMILES string of the molecule is O=[N+]([O-])c1ccc(N=C(C(=Nc2ccc([N+](=O)[O-])cc2)n2cnc3ccccc32)n2cnc3ccccc32)cc1.[Cl-].[Cl-].[Cu+2].c1ccc(-c2ccccn2)nc1.c1ccc(-c2ccccn2)nc1. The molecule has 16 nitrogen and oxygen atoms in total. The van der Waals surface area contributed by atoms with Crippen LogP contribution in [0, 0.1) is 20.2 Å². The van der Waals surface area contributed by atoms with E-state index in [-0.39, 0.29) is 53.3 Å². The van der Waals surface area contributed by atoms with E-state index < -0.39 is 9.85 Å². The third-order valence-electron chi connectivity index (χ3n) is 9.34. The molecule has 6 aromatic heterocycles. The van der Waals surface area contributed by atoms with Crippen molar-refractivity contribution in [1.82, 2.24) is 39.0 Å². The van der Waals surface area contributed by atoms with E-state index >= 15 is 0 Å². The van der Waals surface area contributed by atoms with E-state index in [0.717, 1.165) is 44.8 Å². The van der Waals surface area contributed by atoms with E-state index in [1.807, 2.05) is 121 Å². The van der Waals surface area contributed by atoms with Crippen LogP contribution in [0.1, 0.15) is 0 Å². The molecule has 6 heterocycles. The predicted molar refractivity (Wildman–Crippen MR) is 246 cm³/mol. The molecule has 0 saturated carbocycles. The first-order valence-corrected chi connectivity index (χ1v) is 19.6. The predicted octanol–water partition coefficient (Wildman–Crippen LogP) is 4.35. The summed E-state index contributed by atoms with van der Waals surface area (Å²) in [6.45, 7) is 0. The van der Waals surface area contributed by atoms with E-state index in [9.17, 15) is 20.2 Å². The standard InChI is InChI=1S/C28H18N8O4.2C10H8N2.2ClH.Cu/c37-35(38)21-13-9-19(10-14-21)31-27(33-17-29-23-5-1-3-7-25(23)33)28(32-20-11-15-22(16-12-20)36(39)40)34-18-30-24-6-2-4-8-26(24)34;2*1-3-7-11-9(5-1)10-6-2-4-8-12-10;;;/h1-18H;2*1-8H;2*1H;/q;;;;;+2/p-2. The van der Waals surface area contributed by atoms with Crippen LogP contribution in [0.3, 0.4) is 0 Å². The number of halogens is 2. The Morgan fingerprint density at radius 2 is 0.701 bits per heavy atom. The molecule has 0 saturated heterocycles. The van der Waals surface area contributed by atoms with Gasteiger partial charge in [0.15, 0.2) is 11.7 Å². The number of aliphatic imine (C=N–C) groups is 2. The molecule has 0 aliphatic carbocycles.